The molecule has 2 rings (SSSR count). The molecule has 0 fully saturated rings. The lowest BCUT2D eigenvalue weighted by molar-refractivity contribution is 0.102. The molecule has 0 radical (unpaired) electrons. The fraction of sp³-hybridized carbons (Fsp3) is 0. The fourth-order valence-electron chi connectivity index (χ4n) is 1.35. The summed E-state index contributed by atoms with van der Waals surface area (Å²) in [5.41, 5.74) is 6.49. The van der Waals surface area contributed by atoms with E-state index in [2.05, 4.69) is 10.3 Å². The smallest absolute Gasteiger partial charge is 0.259 e. The Balaban J connectivity index is 2.17. The van der Waals surface area contributed by atoms with Gasteiger partial charge in [-0.3, -0.25) is 4.79 Å². The first-order valence-corrected chi connectivity index (χ1v) is 4.97. The quantitative estimate of drug-likeness (QED) is 0.683. The molecule has 2 aromatic rings. The summed E-state index contributed by atoms with van der Waals surface area (Å²) in [6.45, 7) is 0. The molecule has 0 atom stereocenters. The molecule has 0 aliphatic carbocycles. The van der Waals surface area contributed by atoms with Crippen molar-refractivity contribution in [3.63, 3.8) is 0 Å². The topological polar surface area (TPSA) is 88.2 Å². The van der Waals surface area contributed by atoms with E-state index in [1.807, 2.05) is 0 Å². The van der Waals surface area contributed by atoms with Crippen molar-refractivity contribution in [1.29, 1.82) is 0 Å². The van der Waals surface area contributed by atoms with E-state index in [0.29, 0.717) is 11.3 Å². The van der Waals surface area contributed by atoms with Gasteiger partial charge in [-0.25, -0.2) is 4.98 Å². The number of amides is 1. The number of benzene rings is 1. The van der Waals surface area contributed by atoms with Crippen LogP contribution in [0, 0.1) is 0 Å². The maximum absolute atomic E-state index is 11.8. The maximum Gasteiger partial charge on any atom is 0.259 e. The molecule has 0 aliphatic rings. The summed E-state index contributed by atoms with van der Waals surface area (Å²) < 4.78 is 0. The van der Waals surface area contributed by atoms with E-state index in [4.69, 9.17) is 10.8 Å². The minimum atomic E-state index is -0.332. The summed E-state index contributed by atoms with van der Waals surface area (Å²) in [5, 5.41) is 11.8. The van der Waals surface area contributed by atoms with Crippen LogP contribution in [-0.2, 0) is 0 Å². The number of nitrogens with two attached hydrogens (primary N) is 1. The van der Waals surface area contributed by atoms with Crippen molar-refractivity contribution in [2.75, 3.05) is 11.1 Å². The van der Waals surface area contributed by atoms with Gasteiger partial charge in [0.15, 0.2) is 0 Å². The largest absolute Gasteiger partial charge is 0.508 e. The average molecular weight is 229 g/mol. The van der Waals surface area contributed by atoms with E-state index in [0.717, 1.165) is 0 Å². The zero-order valence-electron chi connectivity index (χ0n) is 8.92. The highest BCUT2D eigenvalue weighted by molar-refractivity contribution is 6.07. The Morgan fingerprint density at radius 1 is 1.24 bits per heavy atom. The lowest BCUT2D eigenvalue weighted by atomic mass is 10.2. The van der Waals surface area contributed by atoms with Crippen LogP contribution < -0.4 is 11.1 Å². The van der Waals surface area contributed by atoms with Crippen LogP contribution in [0.15, 0.2) is 42.6 Å². The van der Waals surface area contributed by atoms with Crippen LogP contribution in [0.25, 0.3) is 0 Å². The number of phenols is 1. The number of aromatic nitrogens is 1. The lowest BCUT2D eigenvalue weighted by Crippen LogP contribution is -2.14. The number of nitrogen functional groups attached to an aromatic ring is 1. The summed E-state index contributed by atoms with van der Waals surface area (Å²) in [6.07, 6.45) is 1.52. The standard InChI is InChI=1S/C12H11N3O2/c13-11-10(2-1-7-14-11)12(17)15-8-3-5-9(16)6-4-8/h1-7,16H,(H2,13,14)(H,15,17). The summed E-state index contributed by atoms with van der Waals surface area (Å²) in [4.78, 5) is 15.7. The van der Waals surface area contributed by atoms with Crippen LogP contribution in [-0.4, -0.2) is 16.0 Å². The van der Waals surface area contributed by atoms with Crippen LogP contribution in [0.1, 0.15) is 10.4 Å². The highest BCUT2D eigenvalue weighted by atomic mass is 16.3. The van der Waals surface area contributed by atoms with E-state index in [1.165, 1.54) is 18.3 Å². The van der Waals surface area contributed by atoms with Crippen LogP contribution in [0.5, 0.6) is 5.75 Å². The number of pyridine rings is 1. The zero-order valence-corrected chi connectivity index (χ0v) is 8.92. The van der Waals surface area contributed by atoms with Crippen molar-refractivity contribution in [3.8, 4) is 5.75 Å². The van der Waals surface area contributed by atoms with Crippen LogP contribution in [0.4, 0.5) is 11.5 Å². The molecule has 1 heterocycles. The number of anilines is 2. The van der Waals surface area contributed by atoms with Gasteiger partial charge in [0.2, 0.25) is 0 Å². The average Bonchev–Trinajstić information content (AvgIpc) is 2.32. The van der Waals surface area contributed by atoms with Crippen molar-refractivity contribution in [2.45, 2.75) is 0 Å². The van der Waals surface area contributed by atoms with Crippen molar-refractivity contribution < 1.29 is 9.90 Å². The molecular weight excluding hydrogens is 218 g/mol. The molecule has 5 nitrogen and oxygen atoms in total. The predicted molar refractivity (Wildman–Crippen MR) is 64.7 cm³/mol. The van der Waals surface area contributed by atoms with Gasteiger partial charge < -0.3 is 16.2 Å². The fourth-order valence-corrected chi connectivity index (χ4v) is 1.35. The zero-order chi connectivity index (χ0) is 12.3. The Morgan fingerprint density at radius 3 is 2.59 bits per heavy atom. The van der Waals surface area contributed by atoms with Gasteiger partial charge in [0.25, 0.3) is 5.91 Å². The minimum Gasteiger partial charge on any atom is -0.508 e. The van der Waals surface area contributed by atoms with Gasteiger partial charge in [-0.05, 0) is 36.4 Å². The molecule has 0 bridgehead atoms. The van der Waals surface area contributed by atoms with Gasteiger partial charge in [0.1, 0.15) is 11.6 Å². The van der Waals surface area contributed by atoms with Crippen LogP contribution >= 0.6 is 0 Å². The number of hydrogen-bond donors (Lipinski definition) is 3. The third-order valence-corrected chi connectivity index (χ3v) is 2.21. The third kappa shape index (κ3) is 2.52. The lowest BCUT2D eigenvalue weighted by Gasteiger charge is -2.06. The monoisotopic (exact) mass is 229 g/mol. The van der Waals surface area contributed by atoms with E-state index < -0.39 is 0 Å². The minimum absolute atomic E-state index is 0.142. The molecule has 0 unspecified atom stereocenters. The predicted octanol–water partition coefficient (Wildman–Crippen LogP) is 1.62. The van der Waals surface area contributed by atoms with Crippen LogP contribution in [0.2, 0.25) is 0 Å². The first-order chi connectivity index (χ1) is 8.16. The number of nitrogens with zero attached hydrogens (tertiary/aromatic N) is 1. The number of hydrogen-bond acceptors (Lipinski definition) is 4. The second-order valence-electron chi connectivity index (χ2n) is 3.44. The highest BCUT2D eigenvalue weighted by Crippen LogP contribution is 2.15. The van der Waals surface area contributed by atoms with Gasteiger partial charge >= 0.3 is 0 Å². The normalized spacial score (nSPS) is 9.88. The molecule has 17 heavy (non-hydrogen) atoms. The van der Waals surface area contributed by atoms with Crippen molar-refractivity contribution >= 4 is 17.4 Å². The number of rotatable bonds is 2. The molecule has 0 aliphatic heterocycles. The molecule has 5 heteroatoms. The van der Waals surface area contributed by atoms with E-state index in [1.54, 1.807) is 24.3 Å². The Kier molecular flexibility index (Phi) is 2.91. The SMILES string of the molecule is Nc1ncccc1C(=O)Nc1ccc(O)cc1. The Labute approximate surface area is 97.9 Å². The van der Waals surface area contributed by atoms with E-state index in [-0.39, 0.29) is 17.5 Å². The number of carbonyl (C=O) groups excluding carboxylic acids is 1. The molecule has 0 spiro atoms. The van der Waals surface area contributed by atoms with Crippen molar-refractivity contribution in [3.05, 3.63) is 48.2 Å². The van der Waals surface area contributed by atoms with Gasteiger partial charge in [-0.15, -0.1) is 0 Å². The summed E-state index contributed by atoms with van der Waals surface area (Å²) in [6, 6.07) is 9.41. The van der Waals surface area contributed by atoms with E-state index in [9.17, 15) is 4.79 Å². The highest BCUT2D eigenvalue weighted by Gasteiger charge is 2.09. The summed E-state index contributed by atoms with van der Waals surface area (Å²) in [7, 11) is 0. The molecule has 0 saturated heterocycles. The van der Waals surface area contributed by atoms with Gasteiger partial charge in [0.05, 0.1) is 5.56 Å². The maximum atomic E-state index is 11.8. The summed E-state index contributed by atoms with van der Waals surface area (Å²) >= 11 is 0. The second kappa shape index (κ2) is 4.52. The number of nitrogens with one attached hydrogen (secondary N) is 1. The summed E-state index contributed by atoms with van der Waals surface area (Å²) in [5.74, 6) is -0.00559. The Morgan fingerprint density at radius 2 is 1.94 bits per heavy atom. The Bertz CT molecular complexity index is 538. The third-order valence-electron chi connectivity index (χ3n) is 2.21. The number of aromatic hydroxyl groups is 1. The first-order valence-electron chi connectivity index (χ1n) is 4.97. The van der Waals surface area contributed by atoms with Gasteiger partial charge in [-0.1, -0.05) is 0 Å². The van der Waals surface area contributed by atoms with E-state index >= 15 is 0 Å². The molecule has 0 saturated carbocycles. The molecule has 86 valence electrons. The molecule has 1 aromatic carbocycles. The second-order valence-corrected chi connectivity index (χ2v) is 3.44. The van der Waals surface area contributed by atoms with Crippen molar-refractivity contribution in [2.24, 2.45) is 0 Å². The van der Waals surface area contributed by atoms with Crippen LogP contribution in [0.3, 0.4) is 0 Å². The molecule has 1 amide bonds. The first kappa shape index (κ1) is 10.9. The number of carbonyl (C=O) groups is 1. The molecule has 4 N–H and O–H groups in total. The van der Waals surface area contributed by atoms with Gasteiger partial charge in [0, 0.05) is 11.9 Å². The molecule has 1 aromatic heterocycles. The number of phenolic OH excluding ortho intramolecular Hbond substituents is 1. The Hall–Kier alpha value is -2.56. The van der Waals surface area contributed by atoms with Gasteiger partial charge in [-0.2, -0.15) is 0 Å². The van der Waals surface area contributed by atoms with Crippen molar-refractivity contribution in [1.82, 2.24) is 4.98 Å². The molecular formula is C12H11N3O2.